The third-order valence-corrected chi connectivity index (χ3v) is 2.32. The summed E-state index contributed by atoms with van der Waals surface area (Å²) >= 11 is 0. The molecule has 0 aliphatic carbocycles. The van der Waals surface area contributed by atoms with Gasteiger partial charge in [0, 0.05) is 11.8 Å². The van der Waals surface area contributed by atoms with Crippen molar-refractivity contribution in [2.24, 2.45) is 0 Å². The van der Waals surface area contributed by atoms with Crippen LogP contribution in [0, 0.1) is 11.6 Å². The standard InChI is InChI=1S/C10H11F2NO2/c11-7-2-1-6(3-8(7)12)13-9-4-15-5-10(9)14/h1-3,9-10,13-14H,4-5H2. The molecule has 82 valence electrons. The van der Waals surface area contributed by atoms with Gasteiger partial charge in [-0.05, 0) is 12.1 Å². The summed E-state index contributed by atoms with van der Waals surface area (Å²) in [6.45, 7) is 0.626. The molecule has 0 bridgehead atoms. The van der Waals surface area contributed by atoms with Gasteiger partial charge in [-0.15, -0.1) is 0 Å². The van der Waals surface area contributed by atoms with Gasteiger partial charge in [-0.3, -0.25) is 0 Å². The minimum Gasteiger partial charge on any atom is -0.388 e. The Balaban J connectivity index is 2.07. The van der Waals surface area contributed by atoms with Crippen molar-refractivity contribution in [3.8, 4) is 0 Å². The number of rotatable bonds is 2. The predicted octanol–water partition coefficient (Wildman–Crippen LogP) is 1.14. The van der Waals surface area contributed by atoms with E-state index in [0.717, 1.165) is 12.1 Å². The van der Waals surface area contributed by atoms with Crippen molar-refractivity contribution < 1.29 is 18.6 Å². The van der Waals surface area contributed by atoms with Crippen LogP contribution < -0.4 is 5.32 Å². The van der Waals surface area contributed by atoms with Gasteiger partial charge in [0.15, 0.2) is 11.6 Å². The molecule has 1 aromatic rings. The summed E-state index contributed by atoms with van der Waals surface area (Å²) in [6.07, 6.45) is -0.613. The van der Waals surface area contributed by atoms with Gasteiger partial charge in [0.1, 0.15) is 0 Å². The summed E-state index contributed by atoms with van der Waals surface area (Å²) in [6, 6.07) is 3.25. The largest absolute Gasteiger partial charge is 0.388 e. The number of benzene rings is 1. The first-order valence-electron chi connectivity index (χ1n) is 4.64. The fraction of sp³-hybridized carbons (Fsp3) is 0.400. The molecule has 0 saturated carbocycles. The van der Waals surface area contributed by atoms with Crippen molar-refractivity contribution in [3.63, 3.8) is 0 Å². The third-order valence-electron chi connectivity index (χ3n) is 2.32. The molecule has 0 aromatic heterocycles. The third kappa shape index (κ3) is 2.24. The van der Waals surface area contributed by atoms with E-state index in [1.165, 1.54) is 6.07 Å². The minimum atomic E-state index is -0.909. The number of halogens is 2. The topological polar surface area (TPSA) is 41.5 Å². The smallest absolute Gasteiger partial charge is 0.160 e. The van der Waals surface area contributed by atoms with E-state index in [4.69, 9.17) is 4.74 Å². The maximum absolute atomic E-state index is 12.8. The molecular formula is C10H11F2NO2. The van der Waals surface area contributed by atoms with Gasteiger partial charge in [-0.1, -0.05) is 0 Å². The van der Waals surface area contributed by atoms with Gasteiger partial charge in [-0.2, -0.15) is 0 Å². The molecule has 0 spiro atoms. The van der Waals surface area contributed by atoms with E-state index in [1.54, 1.807) is 0 Å². The molecule has 1 aromatic carbocycles. The number of aliphatic hydroxyl groups excluding tert-OH is 1. The molecule has 1 saturated heterocycles. The molecule has 3 nitrogen and oxygen atoms in total. The van der Waals surface area contributed by atoms with E-state index in [-0.39, 0.29) is 12.6 Å². The number of hydrogen-bond acceptors (Lipinski definition) is 3. The molecular weight excluding hydrogens is 204 g/mol. The number of anilines is 1. The van der Waals surface area contributed by atoms with Crippen LogP contribution >= 0.6 is 0 Å². The highest BCUT2D eigenvalue weighted by atomic mass is 19.2. The van der Waals surface area contributed by atoms with E-state index in [2.05, 4.69) is 5.32 Å². The normalized spacial score (nSPS) is 25.5. The molecule has 15 heavy (non-hydrogen) atoms. The van der Waals surface area contributed by atoms with Crippen molar-refractivity contribution in [2.45, 2.75) is 12.1 Å². The SMILES string of the molecule is OC1COCC1Nc1ccc(F)c(F)c1. The summed E-state index contributed by atoms with van der Waals surface area (Å²) in [5.74, 6) is -1.79. The fourth-order valence-electron chi connectivity index (χ4n) is 1.48. The second-order valence-electron chi connectivity index (χ2n) is 3.48. The van der Waals surface area contributed by atoms with E-state index >= 15 is 0 Å². The summed E-state index contributed by atoms with van der Waals surface area (Å²) in [7, 11) is 0. The zero-order chi connectivity index (χ0) is 10.8. The minimum absolute atomic E-state index is 0.265. The maximum atomic E-state index is 12.8. The quantitative estimate of drug-likeness (QED) is 0.777. The first-order chi connectivity index (χ1) is 7.16. The van der Waals surface area contributed by atoms with Gasteiger partial charge < -0.3 is 15.2 Å². The van der Waals surface area contributed by atoms with Crippen molar-refractivity contribution in [3.05, 3.63) is 29.8 Å². The van der Waals surface area contributed by atoms with Crippen molar-refractivity contribution >= 4 is 5.69 Å². The number of aliphatic hydroxyl groups is 1. The van der Waals surface area contributed by atoms with Crippen molar-refractivity contribution in [1.82, 2.24) is 0 Å². The molecule has 2 unspecified atom stereocenters. The Bertz CT molecular complexity index is 359. The number of hydrogen-bond donors (Lipinski definition) is 2. The highest BCUT2D eigenvalue weighted by molar-refractivity contribution is 5.44. The first-order valence-corrected chi connectivity index (χ1v) is 4.64. The second kappa shape index (κ2) is 4.12. The molecule has 2 rings (SSSR count). The van der Waals surface area contributed by atoms with Gasteiger partial charge in [0.05, 0.1) is 25.4 Å². The van der Waals surface area contributed by atoms with Crippen LogP contribution in [0.3, 0.4) is 0 Å². The van der Waals surface area contributed by atoms with Gasteiger partial charge in [-0.25, -0.2) is 8.78 Å². The monoisotopic (exact) mass is 215 g/mol. The van der Waals surface area contributed by atoms with E-state index in [0.29, 0.717) is 12.3 Å². The Morgan fingerprint density at radius 3 is 2.67 bits per heavy atom. The molecule has 0 radical (unpaired) electrons. The van der Waals surface area contributed by atoms with Crippen LogP contribution in [0.5, 0.6) is 0 Å². The molecule has 2 atom stereocenters. The summed E-state index contributed by atoms with van der Waals surface area (Å²) in [5, 5.41) is 12.3. The highest BCUT2D eigenvalue weighted by Crippen LogP contribution is 2.17. The summed E-state index contributed by atoms with van der Waals surface area (Å²) in [5.41, 5.74) is 0.434. The van der Waals surface area contributed by atoms with Crippen LogP contribution in [0.4, 0.5) is 14.5 Å². The average molecular weight is 215 g/mol. The van der Waals surface area contributed by atoms with Crippen LogP contribution in [0.25, 0.3) is 0 Å². The zero-order valence-electron chi connectivity index (χ0n) is 7.91. The Morgan fingerprint density at radius 2 is 2.07 bits per heavy atom. The maximum Gasteiger partial charge on any atom is 0.160 e. The van der Waals surface area contributed by atoms with Crippen LogP contribution in [0.1, 0.15) is 0 Å². The number of nitrogens with one attached hydrogen (secondary N) is 1. The lowest BCUT2D eigenvalue weighted by atomic mass is 10.2. The van der Waals surface area contributed by atoms with Gasteiger partial charge in [0.2, 0.25) is 0 Å². The molecule has 1 fully saturated rings. The lowest BCUT2D eigenvalue weighted by Crippen LogP contribution is -2.31. The Kier molecular flexibility index (Phi) is 2.83. The highest BCUT2D eigenvalue weighted by Gasteiger charge is 2.25. The van der Waals surface area contributed by atoms with E-state index in [1.807, 2.05) is 0 Å². The van der Waals surface area contributed by atoms with E-state index < -0.39 is 17.7 Å². The molecule has 1 heterocycles. The molecule has 1 aliphatic heterocycles. The number of ether oxygens (including phenoxy) is 1. The van der Waals surface area contributed by atoms with Gasteiger partial charge in [0.25, 0.3) is 0 Å². The van der Waals surface area contributed by atoms with Crippen LogP contribution in [-0.4, -0.2) is 30.5 Å². The molecule has 0 amide bonds. The Morgan fingerprint density at radius 1 is 1.27 bits per heavy atom. The fourth-order valence-corrected chi connectivity index (χ4v) is 1.48. The molecule has 1 aliphatic rings. The Hall–Kier alpha value is -1.20. The van der Waals surface area contributed by atoms with Crippen molar-refractivity contribution in [1.29, 1.82) is 0 Å². The van der Waals surface area contributed by atoms with Crippen LogP contribution in [0.2, 0.25) is 0 Å². The summed E-state index contributed by atoms with van der Waals surface area (Å²) < 4.78 is 30.5. The van der Waals surface area contributed by atoms with Gasteiger partial charge >= 0.3 is 0 Å². The lowest BCUT2D eigenvalue weighted by molar-refractivity contribution is 0.125. The predicted molar refractivity (Wildman–Crippen MR) is 50.6 cm³/mol. The zero-order valence-corrected chi connectivity index (χ0v) is 7.91. The second-order valence-corrected chi connectivity index (χ2v) is 3.48. The molecule has 5 heteroatoms. The first kappa shape index (κ1) is 10.3. The van der Waals surface area contributed by atoms with Crippen LogP contribution in [0.15, 0.2) is 18.2 Å². The molecule has 2 N–H and O–H groups in total. The Labute approximate surface area is 85.7 Å². The lowest BCUT2D eigenvalue weighted by Gasteiger charge is -2.15. The van der Waals surface area contributed by atoms with E-state index in [9.17, 15) is 13.9 Å². The van der Waals surface area contributed by atoms with Crippen molar-refractivity contribution in [2.75, 3.05) is 18.5 Å². The summed E-state index contributed by atoms with van der Waals surface area (Å²) in [4.78, 5) is 0. The van der Waals surface area contributed by atoms with Crippen LogP contribution in [-0.2, 0) is 4.74 Å². The average Bonchev–Trinajstić information content (AvgIpc) is 2.59.